The van der Waals surface area contributed by atoms with Crippen LogP contribution >= 0.6 is 15.9 Å². The van der Waals surface area contributed by atoms with Gasteiger partial charge in [0, 0.05) is 11.0 Å². The molecule has 0 radical (unpaired) electrons. The maximum atomic E-state index is 12.5. The van der Waals surface area contributed by atoms with Gasteiger partial charge in [-0.1, -0.05) is 28.1 Å². The molecule has 0 fully saturated rings. The standard InChI is InChI=1S/C17H18BrF2NO4S/c1-2-24-15-8-5-13(18)11-16(15)26(22,23)21-10-9-12-3-6-14(7-4-12)25-17(19)20/h3-8,11,17,21H,2,9-10H2,1H3. The summed E-state index contributed by atoms with van der Waals surface area (Å²) in [6, 6.07) is 10.8. The Labute approximate surface area is 159 Å². The Morgan fingerprint density at radius 2 is 1.85 bits per heavy atom. The SMILES string of the molecule is CCOc1ccc(Br)cc1S(=O)(=O)NCCc1ccc(OC(F)F)cc1. The van der Waals surface area contributed by atoms with Gasteiger partial charge in [-0.25, -0.2) is 13.1 Å². The molecule has 5 nitrogen and oxygen atoms in total. The van der Waals surface area contributed by atoms with Crippen LogP contribution in [0.25, 0.3) is 0 Å². The van der Waals surface area contributed by atoms with Crippen LogP contribution in [-0.4, -0.2) is 28.2 Å². The molecule has 26 heavy (non-hydrogen) atoms. The zero-order valence-corrected chi connectivity index (χ0v) is 16.3. The van der Waals surface area contributed by atoms with Crippen molar-refractivity contribution in [2.75, 3.05) is 13.2 Å². The van der Waals surface area contributed by atoms with Crippen molar-refractivity contribution in [3.63, 3.8) is 0 Å². The lowest BCUT2D eigenvalue weighted by molar-refractivity contribution is -0.0498. The van der Waals surface area contributed by atoms with E-state index in [0.29, 0.717) is 17.5 Å². The number of ether oxygens (including phenoxy) is 2. The fourth-order valence-corrected chi connectivity index (χ4v) is 3.92. The molecule has 0 aromatic heterocycles. The van der Waals surface area contributed by atoms with Crippen LogP contribution in [0.15, 0.2) is 51.8 Å². The molecule has 0 saturated heterocycles. The molecule has 0 aliphatic rings. The Bertz CT molecular complexity index is 829. The first kappa shape index (κ1) is 20.6. The van der Waals surface area contributed by atoms with Gasteiger partial charge in [-0.2, -0.15) is 8.78 Å². The fourth-order valence-electron chi connectivity index (χ4n) is 2.21. The first-order valence-corrected chi connectivity index (χ1v) is 10.0. The molecule has 0 atom stereocenters. The second-order valence-electron chi connectivity index (χ2n) is 5.19. The third kappa shape index (κ3) is 5.93. The predicted molar refractivity (Wildman–Crippen MR) is 97.3 cm³/mol. The van der Waals surface area contributed by atoms with E-state index in [0.717, 1.165) is 5.56 Å². The molecule has 0 amide bonds. The van der Waals surface area contributed by atoms with Crippen LogP contribution in [0, 0.1) is 0 Å². The molecule has 0 bridgehead atoms. The molecule has 2 aromatic rings. The van der Waals surface area contributed by atoms with Gasteiger partial charge in [-0.15, -0.1) is 0 Å². The lowest BCUT2D eigenvalue weighted by Crippen LogP contribution is -2.26. The van der Waals surface area contributed by atoms with E-state index in [9.17, 15) is 17.2 Å². The van der Waals surface area contributed by atoms with Gasteiger partial charge in [-0.3, -0.25) is 0 Å². The summed E-state index contributed by atoms with van der Waals surface area (Å²) in [5, 5.41) is 0. The Morgan fingerprint density at radius 3 is 2.46 bits per heavy atom. The normalized spacial score (nSPS) is 11.6. The van der Waals surface area contributed by atoms with Gasteiger partial charge < -0.3 is 9.47 Å². The summed E-state index contributed by atoms with van der Waals surface area (Å²) >= 11 is 3.26. The monoisotopic (exact) mass is 449 g/mol. The van der Waals surface area contributed by atoms with E-state index in [-0.39, 0.29) is 22.9 Å². The van der Waals surface area contributed by atoms with Crippen LogP contribution in [0.2, 0.25) is 0 Å². The van der Waals surface area contributed by atoms with Crippen LogP contribution in [0.3, 0.4) is 0 Å². The highest BCUT2D eigenvalue weighted by molar-refractivity contribution is 9.10. The second-order valence-corrected chi connectivity index (χ2v) is 7.85. The van der Waals surface area contributed by atoms with Crippen LogP contribution in [0.1, 0.15) is 12.5 Å². The molecule has 0 saturated carbocycles. The number of nitrogens with one attached hydrogen (secondary N) is 1. The molecule has 1 N–H and O–H groups in total. The van der Waals surface area contributed by atoms with E-state index in [1.54, 1.807) is 31.2 Å². The van der Waals surface area contributed by atoms with E-state index >= 15 is 0 Å². The Hall–Kier alpha value is -1.71. The highest BCUT2D eigenvalue weighted by atomic mass is 79.9. The molecule has 9 heteroatoms. The van der Waals surface area contributed by atoms with Gasteiger partial charge in [-0.05, 0) is 49.2 Å². The number of halogens is 3. The third-order valence-electron chi connectivity index (χ3n) is 3.35. The van der Waals surface area contributed by atoms with Gasteiger partial charge in [0.1, 0.15) is 16.4 Å². The summed E-state index contributed by atoms with van der Waals surface area (Å²) in [7, 11) is -3.76. The molecule has 0 unspecified atom stereocenters. The quantitative estimate of drug-likeness (QED) is 0.628. The highest BCUT2D eigenvalue weighted by Gasteiger charge is 2.19. The average Bonchev–Trinajstić information content (AvgIpc) is 2.57. The zero-order chi connectivity index (χ0) is 19.2. The number of rotatable bonds is 9. The van der Waals surface area contributed by atoms with Crippen molar-refractivity contribution in [2.24, 2.45) is 0 Å². The average molecular weight is 450 g/mol. The maximum Gasteiger partial charge on any atom is 0.387 e. The number of hydrogen-bond acceptors (Lipinski definition) is 4. The summed E-state index contributed by atoms with van der Waals surface area (Å²) in [6.45, 7) is -0.614. The minimum atomic E-state index is -3.76. The van der Waals surface area contributed by atoms with Crippen LogP contribution in [-0.2, 0) is 16.4 Å². The third-order valence-corrected chi connectivity index (χ3v) is 5.32. The largest absolute Gasteiger partial charge is 0.492 e. The first-order valence-electron chi connectivity index (χ1n) is 7.77. The minimum Gasteiger partial charge on any atom is -0.492 e. The molecule has 0 aliphatic carbocycles. The van der Waals surface area contributed by atoms with E-state index in [2.05, 4.69) is 25.4 Å². The van der Waals surface area contributed by atoms with Crippen molar-refractivity contribution in [1.29, 1.82) is 0 Å². The summed E-state index contributed by atoms with van der Waals surface area (Å²) in [4.78, 5) is 0.0504. The molecule has 0 aliphatic heterocycles. The maximum absolute atomic E-state index is 12.5. The first-order chi connectivity index (χ1) is 12.3. The Morgan fingerprint density at radius 1 is 1.15 bits per heavy atom. The summed E-state index contributed by atoms with van der Waals surface area (Å²) < 4.78 is 62.1. The van der Waals surface area contributed by atoms with Gasteiger partial charge in [0.05, 0.1) is 6.61 Å². The number of hydrogen-bond donors (Lipinski definition) is 1. The second kappa shape index (κ2) is 9.29. The van der Waals surface area contributed by atoms with Crippen LogP contribution in [0.5, 0.6) is 11.5 Å². The van der Waals surface area contributed by atoms with Gasteiger partial charge in [0.15, 0.2) is 0 Å². The molecule has 2 rings (SSSR count). The molecular weight excluding hydrogens is 432 g/mol. The number of sulfonamides is 1. The Kier molecular flexibility index (Phi) is 7.36. The van der Waals surface area contributed by atoms with E-state index in [4.69, 9.17) is 4.74 Å². The van der Waals surface area contributed by atoms with Crippen molar-refractivity contribution >= 4 is 26.0 Å². The van der Waals surface area contributed by atoms with Gasteiger partial charge in [0.25, 0.3) is 0 Å². The van der Waals surface area contributed by atoms with Gasteiger partial charge >= 0.3 is 6.61 Å². The lowest BCUT2D eigenvalue weighted by atomic mass is 10.1. The summed E-state index contributed by atoms with van der Waals surface area (Å²) in [6.07, 6.45) is 0.395. The molecular formula is C17H18BrF2NO4S. The van der Waals surface area contributed by atoms with Crippen molar-refractivity contribution in [1.82, 2.24) is 4.72 Å². The Balaban J connectivity index is 2.01. The van der Waals surface area contributed by atoms with Crippen molar-refractivity contribution in [2.45, 2.75) is 24.9 Å². The van der Waals surface area contributed by atoms with Gasteiger partial charge in [0.2, 0.25) is 10.0 Å². The smallest absolute Gasteiger partial charge is 0.387 e. The fraction of sp³-hybridized carbons (Fsp3) is 0.294. The van der Waals surface area contributed by atoms with Crippen molar-refractivity contribution in [3.05, 3.63) is 52.5 Å². The number of benzene rings is 2. The molecule has 0 heterocycles. The number of alkyl halides is 2. The molecule has 0 spiro atoms. The zero-order valence-electron chi connectivity index (χ0n) is 13.9. The predicted octanol–water partition coefficient (Wildman–Crippen LogP) is 3.97. The van der Waals surface area contributed by atoms with Crippen LogP contribution in [0.4, 0.5) is 8.78 Å². The van der Waals surface area contributed by atoms with Crippen molar-refractivity contribution < 1.29 is 26.7 Å². The minimum absolute atomic E-state index is 0.0504. The highest BCUT2D eigenvalue weighted by Crippen LogP contribution is 2.27. The van der Waals surface area contributed by atoms with E-state index in [1.807, 2.05) is 0 Å². The van der Waals surface area contributed by atoms with E-state index < -0.39 is 16.6 Å². The summed E-state index contributed by atoms with van der Waals surface area (Å²) in [5.41, 5.74) is 0.786. The van der Waals surface area contributed by atoms with E-state index in [1.165, 1.54) is 18.2 Å². The molecule has 142 valence electrons. The lowest BCUT2D eigenvalue weighted by Gasteiger charge is -2.12. The van der Waals surface area contributed by atoms with Crippen molar-refractivity contribution in [3.8, 4) is 11.5 Å². The topological polar surface area (TPSA) is 64.6 Å². The summed E-state index contributed by atoms with van der Waals surface area (Å²) in [5.74, 6) is 0.330. The van der Waals surface area contributed by atoms with Crippen LogP contribution < -0.4 is 14.2 Å². The molecule has 2 aromatic carbocycles.